The summed E-state index contributed by atoms with van der Waals surface area (Å²) < 4.78 is 1.21. The lowest BCUT2D eigenvalue weighted by Gasteiger charge is -2.16. The predicted octanol–water partition coefficient (Wildman–Crippen LogP) is 2.90. The summed E-state index contributed by atoms with van der Waals surface area (Å²) >= 11 is 1.67. The fourth-order valence-electron chi connectivity index (χ4n) is 2.03. The van der Waals surface area contributed by atoms with Crippen LogP contribution in [0.5, 0.6) is 0 Å². The van der Waals surface area contributed by atoms with Gasteiger partial charge in [-0.3, -0.25) is 4.79 Å². The summed E-state index contributed by atoms with van der Waals surface area (Å²) in [5.74, 6) is -0.793. The summed E-state index contributed by atoms with van der Waals surface area (Å²) in [5, 5.41) is 15.5. The average molecular weight is 263 g/mol. The van der Waals surface area contributed by atoms with Crippen molar-refractivity contribution in [3.05, 3.63) is 35.2 Å². The van der Waals surface area contributed by atoms with E-state index >= 15 is 0 Å². The summed E-state index contributed by atoms with van der Waals surface area (Å²) in [4.78, 5) is 11.2. The van der Waals surface area contributed by atoms with Gasteiger partial charge in [0.1, 0.15) is 6.04 Å². The fraction of sp³-hybridized carbons (Fsp3) is 0.357. The molecule has 2 rings (SSSR count). The van der Waals surface area contributed by atoms with Crippen LogP contribution in [0.15, 0.2) is 29.6 Å². The van der Waals surface area contributed by atoms with E-state index in [0.29, 0.717) is 6.42 Å². The van der Waals surface area contributed by atoms with Crippen LogP contribution in [0.25, 0.3) is 10.1 Å². The molecule has 1 atom stereocenters. The topological polar surface area (TPSA) is 49.3 Å². The fourth-order valence-corrected chi connectivity index (χ4v) is 3.01. The van der Waals surface area contributed by atoms with Crippen LogP contribution in [0, 0.1) is 0 Å². The van der Waals surface area contributed by atoms with Crippen LogP contribution in [-0.2, 0) is 11.2 Å². The molecule has 96 valence electrons. The Morgan fingerprint density at radius 3 is 2.78 bits per heavy atom. The molecule has 0 bridgehead atoms. The Morgan fingerprint density at radius 1 is 1.39 bits per heavy atom. The summed E-state index contributed by atoms with van der Waals surface area (Å²) in [6, 6.07) is 7.75. The van der Waals surface area contributed by atoms with E-state index in [4.69, 9.17) is 0 Å². The lowest BCUT2D eigenvalue weighted by Crippen LogP contribution is -2.42. The Labute approximate surface area is 110 Å². The summed E-state index contributed by atoms with van der Waals surface area (Å²) in [6.45, 7) is 3.92. The molecule has 0 aliphatic carbocycles. The van der Waals surface area contributed by atoms with Gasteiger partial charge in [-0.1, -0.05) is 32.0 Å². The van der Waals surface area contributed by atoms with E-state index in [1.165, 1.54) is 10.1 Å². The molecule has 0 fully saturated rings. The molecule has 1 aromatic heterocycles. The minimum absolute atomic E-state index is 0.163. The normalized spacial score (nSPS) is 13.1. The minimum atomic E-state index is -0.793. The Bertz CT molecular complexity index is 547. The van der Waals surface area contributed by atoms with E-state index in [1.54, 1.807) is 11.3 Å². The average Bonchev–Trinajstić information content (AvgIpc) is 2.71. The van der Waals surface area contributed by atoms with E-state index < -0.39 is 12.0 Å². The first-order chi connectivity index (χ1) is 8.58. The number of aliphatic carboxylic acids is 1. The number of carbonyl (C=O) groups is 1. The minimum Gasteiger partial charge on any atom is -0.480 e. The molecular formula is C14H17NO2S. The van der Waals surface area contributed by atoms with E-state index in [1.807, 2.05) is 26.0 Å². The quantitative estimate of drug-likeness (QED) is 0.872. The van der Waals surface area contributed by atoms with E-state index in [9.17, 15) is 9.90 Å². The van der Waals surface area contributed by atoms with Gasteiger partial charge in [0, 0.05) is 10.7 Å². The predicted molar refractivity (Wildman–Crippen MR) is 75.2 cm³/mol. The molecule has 3 nitrogen and oxygen atoms in total. The molecule has 2 N–H and O–H groups in total. The molecular weight excluding hydrogens is 246 g/mol. The number of hydrogen-bond donors (Lipinski definition) is 2. The van der Waals surface area contributed by atoms with Crippen molar-refractivity contribution in [1.82, 2.24) is 5.32 Å². The van der Waals surface area contributed by atoms with Crippen molar-refractivity contribution in [2.75, 3.05) is 0 Å². The second kappa shape index (κ2) is 5.50. The lowest BCUT2D eigenvalue weighted by atomic mass is 10.0. The number of rotatable bonds is 5. The molecule has 0 amide bonds. The van der Waals surface area contributed by atoms with Crippen LogP contribution in [0.4, 0.5) is 0 Å². The number of hydrogen-bond acceptors (Lipinski definition) is 3. The number of thiophene rings is 1. The standard InChI is InChI=1S/C14H17NO2S/c1-9(2)15-12(14(16)17)7-10-8-18-13-6-4-3-5-11(10)13/h3-6,8-9,12,15H,7H2,1-2H3,(H,16,17)/t12-/m1/s1. The van der Waals surface area contributed by atoms with Gasteiger partial charge < -0.3 is 10.4 Å². The maximum atomic E-state index is 11.2. The molecule has 0 saturated carbocycles. The third kappa shape index (κ3) is 2.89. The van der Waals surface area contributed by atoms with Gasteiger partial charge in [-0.25, -0.2) is 0 Å². The van der Waals surface area contributed by atoms with Gasteiger partial charge in [0.25, 0.3) is 0 Å². The summed E-state index contributed by atoms with van der Waals surface area (Å²) in [6.07, 6.45) is 0.525. The Balaban J connectivity index is 2.23. The number of fused-ring (bicyclic) bond motifs is 1. The van der Waals surface area contributed by atoms with Crippen molar-refractivity contribution < 1.29 is 9.90 Å². The molecule has 1 heterocycles. The number of benzene rings is 1. The molecule has 2 aromatic rings. The number of carboxylic acid groups (broad SMARTS) is 1. The molecule has 0 saturated heterocycles. The van der Waals surface area contributed by atoms with Gasteiger partial charge in [0.15, 0.2) is 0 Å². The molecule has 1 aromatic carbocycles. The molecule has 0 radical (unpaired) electrons. The van der Waals surface area contributed by atoms with Gasteiger partial charge in [-0.2, -0.15) is 0 Å². The molecule has 0 aliphatic rings. The number of nitrogens with one attached hydrogen (secondary N) is 1. The highest BCUT2D eigenvalue weighted by molar-refractivity contribution is 7.17. The van der Waals surface area contributed by atoms with Crippen molar-refractivity contribution in [3.8, 4) is 0 Å². The van der Waals surface area contributed by atoms with E-state index in [0.717, 1.165) is 5.56 Å². The highest BCUT2D eigenvalue weighted by Gasteiger charge is 2.19. The highest BCUT2D eigenvalue weighted by Crippen LogP contribution is 2.26. The zero-order chi connectivity index (χ0) is 13.1. The van der Waals surface area contributed by atoms with Crippen LogP contribution in [-0.4, -0.2) is 23.2 Å². The van der Waals surface area contributed by atoms with Crippen molar-refractivity contribution in [1.29, 1.82) is 0 Å². The van der Waals surface area contributed by atoms with E-state index in [-0.39, 0.29) is 6.04 Å². The third-order valence-corrected chi connectivity index (χ3v) is 3.83. The van der Waals surface area contributed by atoms with Gasteiger partial charge in [0.05, 0.1) is 0 Å². The Kier molecular flexibility index (Phi) is 3.99. The molecule has 0 spiro atoms. The monoisotopic (exact) mass is 263 g/mol. The van der Waals surface area contributed by atoms with Gasteiger partial charge in [0.2, 0.25) is 0 Å². The molecule has 4 heteroatoms. The van der Waals surface area contributed by atoms with Crippen LogP contribution >= 0.6 is 11.3 Å². The van der Waals surface area contributed by atoms with Crippen molar-refractivity contribution >= 4 is 27.4 Å². The zero-order valence-corrected chi connectivity index (χ0v) is 11.3. The summed E-state index contributed by atoms with van der Waals surface area (Å²) in [5.41, 5.74) is 1.11. The largest absolute Gasteiger partial charge is 0.480 e. The third-order valence-electron chi connectivity index (χ3n) is 2.82. The maximum Gasteiger partial charge on any atom is 0.321 e. The first kappa shape index (κ1) is 13.1. The number of carboxylic acids is 1. The van der Waals surface area contributed by atoms with E-state index in [2.05, 4.69) is 22.8 Å². The molecule has 0 aliphatic heterocycles. The smallest absolute Gasteiger partial charge is 0.321 e. The summed E-state index contributed by atoms with van der Waals surface area (Å²) in [7, 11) is 0. The van der Waals surface area contributed by atoms with Crippen molar-refractivity contribution in [3.63, 3.8) is 0 Å². The van der Waals surface area contributed by atoms with Crippen LogP contribution < -0.4 is 5.32 Å². The van der Waals surface area contributed by atoms with Gasteiger partial charge in [-0.05, 0) is 28.8 Å². The lowest BCUT2D eigenvalue weighted by molar-refractivity contribution is -0.139. The Morgan fingerprint density at radius 2 is 2.11 bits per heavy atom. The zero-order valence-electron chi connectivity index (χ0n) is 10.5. The van der Waals surface area contributed by atoms with Gasteiger partial charge in [-0.15, -0.1) is 11.3 Å². The van der Waals surface area contributed by atoms with Crippen LogP contribution in [0.3, 0.4) is 0 Å². The first-order valence-electron chi connectivity index (χ1n) is 6.02. The van der Waals surface area contributed by atoms with Crippen LogP contribution in [0.2, 0.25) is 0 Å². The van der Waals surface area contributed by atoms with Gasteiger partial charge >= 0.3 is 5.97 Å². The molecule has 0 unspecified atom stereocenters. The van der Waals surface area contributed by atoms with Crippen LogP contribution in [0.1, 0.15) is 19.4 Å². The Hall–Kier alpha value is -1.39. The second-order valence-electron chi connectivity index (χ2n) is 4.67. The SMILES string of the molecule is CC(C)N[C@H](Cc1csc2ccccc12)C(=O)O. The second-order valence-corrected chi connectivity index (χ2v) is 5.58. The van der Waals surface area contributed by atoms with Crippen molar-refractivity contribution in [2.45, 2.75) is 32.4 Å². The molecule has 18 heavy (non-hydrogen) atoms. The van der Waals surface area contributed by atoms with Crippen molar-refractivity contribution in [2.24, 2.45) is 0 Å². The first-order valence-corrected chi connectivity index (χ1v) is 6.90. The highest BCUT2D eigenvalue weighted by atomic mass is 32.1. The maximum absolute atomic E-state index is 11.2.